The molecule has 2 N–H and O–H groups in total. The zero-order valence-electron chi connectivity index (χ0n) is 10.5. The number of sulfonamides is 1. The lowest BCUT2D eigenvalue weighted by atomic mass is 10.1. The molecule has 0 amide bonds. The summed E-state index contributed by atoms with van der Waals surface area (Å²) < 4.78 is 38.8. The number of carboxylic acid groups (broad SMARTS) is 1. The lowest BCUT2D eigenvalue weighted by molar-refractivity contribution is -0.137. The molecule has 5 nitrogen and oxygen atoms in total. The number of hydrogen-bond acceptors (Lipinski definition) is 3. The molecule has 1 rings (SSSR count). The van der Waals surface area contributed by atoms with E-state index in [0.29, 0.717) is 5.56 Å². The van der Waals surface area contributed by atoms with Crippen molar-refractivity contribution in [3.63, 3.8) is 0 Å². The summed E-state index contributed by atoms with van der Waals surface area (Å²) >= 11 is 0. The van der Waals surface area contributed by atoms with Crippen molar-refractivity contribution in [2.24, 2.45) is 0 Å². The maximum absolute atomic E-state index is 13.0. The van der Waals surface area contributed by atoms with Crippen molar-refractivity contribution in [1.29, 1.82) is 0 Å². The average molecular weight is 289 g/mol. The maximum Gasteiger partial charge on any atom is 0.303 e. The van der Waals surface area contributed by atoms with Crippen molar-refractivity contribution in [2.45, 2.75) is 25.8 Å². The Balaban J connectivity index is 2.60. The second-order valence-electron chi connectivity index (χ2n) is 4.21. The Morgan fingerprint density at radius 2 is 2.16 bits per heavy atom. The van der Waals surface area contributed by atoms with E-state index in [0.717, 1.165) is 0 Å². The van der Waals surface area contributed by atoms with Gasteiger partial charge in [0, 0.05) is 12.5 Å². The summed E-state index contributed by atoms with van der Waals surface area (Å²) in [7, 11) is -3.57. The van der Waals surface area contributed by atoms with Crippen LogP contribution in [-0.2, 0) is 14.8 Å². The molecule has 0 heterocycles. The van der Waals surface area contributed by atoms with E-state index in [-0.39, 0.29) is 18.6 Å². The zero-order chi connectivity index (χ0) is 14.5. The van der Waals surface area contributed by atoms with Crippen molar-refractivity contribution < 1.29 is 22.7 Å². The SMILES string of the molecule is C[C@H](NS(=O)(=O)CCCC(=O)O)c1cccc(F)c1. The molecule has 0 aliphatic rings. The molecule has 0 saturated heterocycles. The molecule has 0 bridgehead atoms. The van der Waals surface area contributed by atoms with E-state index in [1.165, 1.54) is 18.2 Å². The quantitative estimate of drug-likeness (QED) is 0.799. The van der Waals surface area contributed by atoms with E-state index in [1.54, 1.807) is 13.0 Å². The number of rotatable bonds is 7. The number of carbonyl (C=O) groups is 1. The Bertz CT molecular complexity index is 544. The third-order valence-electron chi connectivity index (χ3n) is 2.51. The minimum atomic E-state index is -3.57. The molecule has 0 unspecified atom stereocenters. The predicted octanol–water partition coefficient (Wildman–Crippen LogP) is 1.67. The molecule has 7 heteroatoms. The van der Waals surface area contributed by atoms with Crippen molar-refractivity contribution in [3.8, 4) is 0 Å². The van der Waals surface area contributed by atoms with Gasteiger partial charge in [0.2, 0.25) is 10.0 Å². The Morgan fingerprint density at radius 3 is 2.74 bits per heavy atom. The first-order valence-electron chi connectivity index (χ1n) is 5.77. The summed E-state index contributed by atoms with van der Waals surface area (Å²) in [4.78, 5) is 10.3. The van der Waals surface area contributed by atoms with Crippen LogP contribution in [0.3, 0.4) is 0 Å². The first-order chi connectivity index (χ1) is 8.80. The molecule has 19 heavy (non-hydrogen) atoms. The number of hydrogen-bond donors (Lipinski definition) is 2. The molecule has 0 aliphatic carbocycles. The molecule has 0 fully saturated rings. The van der Waals surface area contributed by atoms with Gasteiger partial charge in [-0.2, -0.15) is 0 Å². The lowest BCUT2D eigenvalue weighted by Crippen LogP contribution is -2.29. The highest BCUT2D eigenvalue weighted by molar-refractivity contribution is 7.89. The largest absolute Gasteiger partial charge is 0.481 e. The topological polar surface area (TPSA) is 83.5 Å². The summed E-state index contributed by atoms with van der Waals surface area (Å²) in [6, 6.07) is 5.08. The number of nitrogens with one attached hydrogen (secondary N) is 1. The fraction of sp³-hybridized carbons (Fsp3) is 0.417. The molecule has 0 saturated carbocycles. The van der Waals surface area contributed by atoms with Gasteiger partial charge in [-0.1, -0.05) is 12.1 Å². The molecule has 106 valence electrons. The summed E-state index contributed by atoms with van der Waals surface area (Å²) in [5.41, 5.74) is 0.516. The van der Waals surface area contributed by atoms with E-state index >= 15 is 0 Å². The van der Waals surface area contributed by atoms with Crippen LogP contribution in [0, 0.1) is 5.82 Å². The van der Waals surface area contributed by atoms with Crippen LogP contribution in [-0.4, -0.2) is 25.2 Å². The Labute approximate surface area is 111 Å². The average Bonchev–Trinajstić information content (AvgIpc) is 2.27. The van der Waals surface area contributed by atoms with Crippen LogP contribution in [0.1, 0.15) is 31.4 Å². The second kappa shape index (κ2) is 6.63. The number of halogens is 1. The smallest absolute Gasteiger partial charge is 0.303 e. The molecule has 1 aromatic carbocycles. The summed E-state index contributed by atoms with van der Waals surface area (Å²) in [6.45, 7) is 1.60. The number of carboxylic acids is 1. The van der Waals surface area contributed by atoms with E-state index in [9.17, 15) is 17.6 Å². The highest BCUT2D eigenvalue weighted by Crippen LogP contribution is 2.14. The molecule has 1 aromatic rings. The summed E-state index contributed by atoms with van der Waals surface area (Å²) in [5.74, 6) is -1.73. The fourth-order valence-corrected chi connectivity index (χ4v) is 2.90. The molecular formula is C12H16FNO4S. The highest BCUT2D eigenvalue weighted by atomic mass is 32.2. The monoisotopic (exact) mass is 289 g/mol. The van der Waals surface area contributed by atoms with Gasteiger partial charge >= 0.3 is 5.97 Å². The van der Waals surface area contributed by atoms with Crippen molar-refractivity contribution in [2.75, 3.05) is 5.75 Å². The minimum absolute atomic E-state index is 0.0422. The van der Waals surface area contributed by atoms with Gasteiger partial charge in [0.15, 0.2) is 0 Å². The molecule has 1 atom stereocenters. The van der Waals surface area contributed by atoms with Crippen LogP contribution in [0.15, 0.2) is 24.3 Å². The van der Waals surface area contributed by atoms with Crippen molar-refractivity contribution in [3.05, 3.63) is 35.6 Å². The van der Waals surface area contributed by atoms with Gasteiger partial charge in [-0.3, -0.25) is 4.79 Å². The Hall–Kier alpha value is -1.47. The van der Waals surface area contributed by atoms with E-state index < -0.39 is 27.9 Å². The first-order valence-corrected chi connectivity index (χ1v) is 7.42. The van der Waals surface area contributed by atoms with Crippen LogP contribution in [0.25, 0.3) is 0 Å². The second-order valence-corrected chi connectivity index (χ2v) is 6.08. The van der Waals surface area contributed by atoms with Gasteiger partial charge in [-0.15, -0.1) is 0 Å². The van der Waals surface area contributed by atoms with Gasteiger partial charge < -0.3 is 5.11 Å². The summed E-state index contributed by atoms with van der Waals surface area (Å²) in [5, 5.41) is 8.44. The van der Waals surface area contributed by atoms with Gasteiger partial charge in [-0.05, 0) is 31.0 Å². The van der Waals surface area contributed by atoms with Crippen LogP contribution >= 0.6 is 0 Å². The van der Waals surface area contributed by atoms with Crippen LogP contribution in [0.4, 0.5) is 4.39 Å². The lowest BCUT2D eigenvalue weighted by Gasteiger charge is -2.14. The van der Waals surface area contributed by atoms with Gasteiger partial charge in [-0.25, -0.2) is 17.5 Å². The molecule has 0 spiro atoms. The van der Waals surface area contributed by atoms with Gasteiger partial charge in [0.1, 0.15) is 5.82 Å². The minimum Gasteiger partial charge on any atom is -0.481 e. The third-order valence-corrected chi connectivity index (χ3v) is 4.05. The van der Waals surface area contributed by atoms with E-state index in [2.05, 4.69) is 4.72 Å². The van der Waals surface area contributed by atoms with Crippen LogP contribution in [0.2, 0.25) is 0 Å². The molecule has 0 radical (unpaired) electrons. The number of aliphatic carboxylic acids is 1. The normalized spacial score (nSPS) is 13.2. The third kappa shape index (κ3) is 5.80. The van der Waals surface area contributed by atoms with Gasteiger partial charge in [0.25, 0.3) is 0 Å². The molecule has 0 aromatic heterocycles. The van der Waals surface area contributed by atoms with Crippen LogP contribution in [0.5, 0.6) is 0 Å². The molecule has 0 aliphatic heterocycles. The van der Waals surface area contributed by atoms with E-state index in [4.69, 9.17) is 5.11 Å². The zero-order valence-corrected chi connectivity index (χ0v) is 11.3. The standard InChI is InChI=1S/C12H16FNO4S/c1-9(10-4-2-5-11(13)8-10)14-19(17,18)7-3-6-12(15)16/h2,4-5,8-9,14H,3,6-7H2,1H3,(H,15,16)/t9-/m0/s1. The summed E-state index contributed by atoms with van der Waals surface area (Å²) in [6.07, 6.45) is -0.157. The molecular weight excluding hydrogens is 273 g/mol. The van der Waals surface area contributed by atoms with Crippen molar-refractivity contribution in [1.82, 2.24) is 4.72 Å². The Morgan fingerprint density at radius 1 is 1.47 bits per heavy atom. The highest BCUT2D eigenvalue weighted by Gasteiger charge is 2.16. The van der Waals surface area contributed by atoms with Crippen molar-refractivity contribution >= 4 is 16.0 Å². The van der Waals surface area contributed by atoms with E-state index in [1.807, 2.05) is 0 Å². The van der Waals surface area contributed by atoms with Gasteiger partial charge in [0.05, 0.1) is 5.75 Å². The predicted molar refractivity (Wildman–Crippen MR) is 68.6 cm³/mol. The first kappa shape index (κ1) is 15.6. The van der Waals surface area contributed by atoms with Crippen LogP contribution < -0.4 is 4.72 Å². The maximum atomic E-state index is 13.0. The number of benzene rings is 1. The fourth-order valence-electron chi connectivity index (χ4n) is 1.59. The Kier molecular flexibility index (Phi) is 5.44.